The summed E-state index contributed by atoms with van der Waals surface area (Å²) < 4.78 is 5.75. The molecule has 2 nitrogen and oxygen atoms in total. The Morgan fingerprint density at radius 3 is 2.67 bits per heavy atom. The lowest BCUT2D eigenvalue weighted by molar-refractivity contribution is 0.268. The Morgan fingerprint density at radius 2 is 2.00 bits per heavy atom. The number of hydrogen-bond acceptors (Lipinski definition) is 2. The molecule has 0 fully saturated rings. The van der Waals surface area contributed by atoms with E-state index >= 15 is 0 Å². The van der Waals surface area contributed by atoms with Gasteiger partial charge in [0.1, 0.15) is 5.75 Å². The van der Waals surface area contributed by atoms with Crippen molar-refractivity contribution in [3.63, 3.8) is 0 Å². The van der Waals surface area contributed by atoms with Gasteiger partial charge in [0, 0.05) is 0 Å². The number of nitrogens with two attached hydrogens (primary N) is 1. The first kappa shape index (κ1) is 12.1. The number of benzene rings is 1. The van der Waals surface area contributed by atoms with Crippen molar-refractivity contribution in [2.75, 3.05) is 13.2 Å². The van der Waals surface area contributed by atoms with Crippen LogP contribution in [0.25, 0.3) is 0 Å². The van der Waals surface area contributed by atoms with Gasteiger partial charge in [-0.1, -0.05) is 32.0 Å². The quantitative estimate of drug-likeness (QED) is 0.778. The summed E-state index contributed by atoms with van der Waals surface area (Å²) in [5.74, 6) is 1.58. The van der Waals surface area contributed by atoms with Crippen molar-refractivity contribution in [2.45, 2.75) is 26.7 Å². The highest BCUT2D eigenvalue weighted by Crippen LogP contribution is 2.19. The standard InChI is InChI=1S/C13H21NO/c1-11(2)10-15-13-8-4-3-6-12(13)7-5-9-14/h3-4,6,8,11H,5,7,9-10,14H2,1-2H3. The second-order valence-corrected chi connectivity index (χ2v) is 4.20. The zero-order valence-electron chi connectivity index (χ0n) is 9.70. The van der Waals surface area contributed by atoms with Gasteiger partial charge < -0.3 is 10.5 Å². The molecule has 0 spiro atoms. The number of aryl methyl sites for hydroxylation is 1. The molecule has 0 aliphatic heterocycles. The molecule has 15 heavy (non-hydrogen) atoms. The zero-order valence-corrected chi connectivity index (χ0v) is 9.70. The van der Waals surface area contributed by atoms with Gasteiger partial charge in [0.05, 0.1) is 6.61 Å². The molecule has 0 heterocycles. The van der Waals surface area contributed by atoms with E-state index in [1.807, 2.05) is 18.2 Å². The van der Waals surface area contributed by atoms with Crippen LogP contribution in [-0.4, -0.2) is 13.2 Å². The fraction of sp³-hybridized carbons (Fsp3) is 0.538. The average molecular weight is 207 g/mol. The third-order valence-corrected chi connectivity index (χ3v) is 2.20. The van der Waals surface area contributed by atoms with Gasteiger partial charge in [-0.05, 0) is 36.9 Å². The van der Waals surface area contributed by atoms with E-state index in [0.29, 0.717) is 5.92 Å². The van der Waals surface area contributed by atoms with E-state index < -0.39 is 0 Å². The molecule has 2 heteroatoms. The summed E-state index contributed by atoms with van der Waals surface area (Å²) in [7, 11) is 0. The van der Waals surface area contributed by atoms with Crippen molar-refractivity contribution in [2.24, 2.45) is 11.7 Å². The van der Waals surface area contributed by atoms with Crippen molar-refractivity contribution < 1.29 is 4.74 Å². The Morgan fingerprint density at radius 1 is 1.27 bits per heavy atom. The van der Waals surface area contributed by atoms with Crippen molar-refractivity contribution >= 4 is 0 Å². The van der Waals surface area contributed by atoms with Crippen molar-refractivity contribution in [1.82, 2.24) is 0 Å². The summed E-state index contributed by atoms with van der Waals surface area (Å²) in [6.07, 6.45) is 2.02. The molecule has 1 rings (SSSR count). The van der Waals surface area contributed by atoms with Gasteiger partial charge in [0.15, 0.2) is 0 Å². The first-order valence-electron chi connectivity index (χ1n) is 5.64. The fourth-order valence-corrected chi connectivity index (χ4v) is 1.40. The minimum Gasteiger partial charge on any atom is -0.493 e. The molecule has 1 aromatic carbocycles. The molecule has 0 saturated heterocycles. The average Bonchev–Trinajstić information content (AvgIpc) is 2.24. The minimum atomic E-state index is 0.563. The maximum absolute atomic E-state index is 5.75. The summed E-state index contributed by atoms with van der Waals surface area (Å²) in [6, 6.07) is 8.22. The van der Waals surface area contributed by atoms with Crippen LogP contribution in [0.15, 0.2) is 24.3 Å². The van der Waals surface area contributed by atoms with Crippen molar-refractivity contribution in [3.05, 3.63) is 29.8 Å². The van der Waals surface area contributed by atoms with Gasteiger partial charge >= 0.3 is 0 Å². The van der Waals surface area contributed by atoms with Crippen LogP contribution in [-0.2, 0) is 6.42 Å². The second-order valence-electron chi connectivity index (χ2n) is 4.20. The first-order valence-corrected chi connectivity index (χ1v) is 5.64. The van der Waals surface area contributed by atoms with Gasteiger partial charge in [0.2, 0.25) is 0 Å². The molecule has 0 radical (unpaired) electrons. The highest BCUT2D eigenvalue weighted by Gasteiger charge is 2.03. The van der Waals surface area contributed by atoms with E-state index in [4.69, 9.17) is 10.5 Å². The lowest BCUT2D eigenvalue weighted by Crippen LogP contribution is -2.07. The van der Waals surface area contributed by atoms with E-state index in [1.165, 1.54) is 5.56 Å². The van der Waals surface area contributed by atoms with Crippen LogP contribution < -0.4 is 10.5 Å². The predicted molar refractivity (Wildman–Crippen MR) is 64.2 cm³/mol. The topological polar surface area (TPSA) is 35.2 Å². The Bertz CT molecular complexity index is 284. The summed E-state index contributed by atoms with van der Waals surface area (Å²) in [6.45, 7) is 5.82. The molecular formula is C13H21NO. The molecule has 2 N–H and O–H groups in total. The predicted octanol–water partition coefficient (Wildman–Crippen LogP) is 2.61. The lowest BCUT2D eigenvalue weighted by Gasteiger charge is -2.12. The SMILES string of the molecule is CC(C)COc1ccccc1CCCN. The molecule has 0 aliphatic carbocycles. The molecule has 0 aromatic heterocycles. The lowest BCUT2D eigenvalue weighted by atomic mass is 10.1. The number of rotatable bonds is 6. The van der Waals surface area contributed by atoms with Gasteiger partial charge in [-0.15, -0.1) is 0 Å². The van der Waals surface area contributed by atoms with E-state index in [9.17, 15) is 0 Å². The zero-order chi connectivity index (χ0) is 11.1. The first-order chi connectivity index (χ1) is 7.24. The molecule has 0 unspecified atom stereocenters. The molecular weight excluding hydrogens is 186 g/mol. The van der Waals surface area contributed by atoms with Crippen molar-refractivity contribution in [1.29, 1.82) is 0 Å². The number of ether oxygens (including phenoxy) is 1. The Kier molecular flexibility index (Phi) is 5.19. The summed E-state index contributed by atoms with van der Waals surface area (Å²) in [4.78, 5) is 0. The monoisotopic (exact) mass is 207 g/mol. The van der Waals surface area contributed by atoms with Crippen LogP contribution >= 0.6 is 0 Å². The van der Waals surface area contributed by atoms with Crippen LogP contribution in [0.3, 0.4) is 0 Å². The third kappa shape index (κ3) is 4.34. The maximum atomic E-state index is 5.75. The van der Waals surface area contributed by atoms with E-state index in [1.54, 1.807) is 0 Å². The molecule has 0 aliphatic rings. The van der Waals surface area contributed by atoms with Crippen LogP contribution in [0.2, 0.25) is 0 Å². The summed E-state index contributed by atoms with van der Waals surface area (Å²) >= 11 is 0. The molecule has 1 aromatic rings. The van der Waals surface area contributed by atoms with Gasteiger partial charge in [-0.3, -0.25) is 0 Å². The molecule has 0 atom stereocenters. The second kappa shape index (κ2) is 6.46. The van der Waals surface area contributed by atoms with E-state index in [0.717, 1.165) is 31.7 Å². The smallest absolute Gasteiger partial charge is 0.122 e. The largest absolute Gasteiger partial charge is 0.493 e. The molecule has 0 bridgehead atoms. The highest BCUT2D eigenvalue weighted by molar-refractivity contribution is 5.33. The minimum absolute atomic E-state index is 0.563. The third-order valence-electron chi connectivity index (χ3n) is 2.20. The van der Waals surface area contributed by atoms with Crippen LogP contribution in [0.5, 0.6) is 5.75 Å². The normalized spacial score (nSPS) is 10.7. The van der Waals surface area contributed by atoms with Crippen LogP contribution in [0.1, 0.15) is 25.8 Å². The maximum Gasteiger partial charge on any atom is 0.122 e. The fourth-order valence-electron chi connectivity index (χ4n) is 1.40. The van der Waals surface area contributed by atoms with E-state index in [2.05, 4.69) is 19.9 Å². The number of hydrogen-bond donors (Lipinski definition) is 1. The summed E-state index contributed by atoms with van der Waals surface area (Å²) in [5, 5.41) is 0. The number of para-hydroxylation sites is 1. The molecule has 0 saturated carbocycles. The highest BCUT2D eigenvalue weighted by atomic mass is 16.5. The Labute approximate surface area is 92.4 Å². The van der Waals surface area contributed by atoms with Gasteiger partial charge in [-0.2, -0.15) is 0 Å². The molecule has 0 amide bonds. The Hall–Kier alpha value is -1.02. The van der Waals surface area contributed by atoms with Gasteiger partial charge in [0.25, 0.3) is 0 Å². The van der Waals surface area contributed by atoms with Crippen molar-refractivity contribution in [3.8, 4) is 5.75 Å². The molecule has 84 valence electrons. The summed E-state index contributed by atoms with van der Waals surface area (Å²) in [5.41, 5.74) is 6.78. The van der Waals surface area contributed by atoms with E-state index in [-0.39, 0.29) is 0 Å². The van der Waals surface area contributed by atoms with Gasteiger partial charge in [-0.25, -0.2) is 0 Å². The van der Waals surface area contributed by atoms with Crippen LogP contribution in [0, 0.1) is 5.92 Å². The van der Waals surface area contributed by atoms with Crippen LogP contribution in [0.4, 0.5) is 0 Å². The Balaban J connectivity index is 2.59.